The molecule has 19 heavy (non-hydrogen) atoms. The van der Waals surface area contributed by atoms with Crippen LogP contribution in [0.15, 0.2) is 4.99 Å². The van der Waals surface area contributed by atoms with Gasteiger partial charge in [0, 0.05) is 19.8 Å². The minimum Gasteiger partial charge on any atom is -0.382 e. The first-order chi connectivity index (χ1) is 8.91. The second kappa shape index (κ2) is 7.06. The Balaban J connectivity index is 2.45. The Morgan fingerprint density at radius 2 is 2.26 bits per heavy atom. The van der Waals surface area contributed by atoms with Crippen LogP contribution in [-0.2, 0) is 14.6 Å². The number of hydrogen-bond donors (Lipinski definition) is 3. The molecule has 4 N–H and O–H groups in total. The van der Waals surface area contributed by atoms with Crippen LogP contribution in [0, 0.1) is 0 Å². The molecule has 0 spiro atoms. The number of hydrazine groups is 1. The van der Waals surface area contributed by atoms with Gasteiger partial charge in [-0.05, 0) is 26.7 Å². The number of aliphatic imine (C=N–C) groups is 1. The zero-order chi connectivity index (χ0) is 14.4. The molecule has 8 heteroatoms. The number of rotatable bonds is 6. The predicted molar refractivity (Wildman–Crippen MR) is 75.5 cm³/mol. The van der Waals surface area contributed by atoms with Gasteiger partial charge in [0.05, 0.1) is 17.0 Å². The van der Waals surface area contributed by atoms with Crippen molar-refractivity contribution in [1.82, 2.24) is 10.7 Å². The van der Waals surface area contributed by atoms with Gasteiger partial charge in [-0.25, -0.2) is 14.3 Å². The minimum absolute atomic E-state index is 0.111. The summed E-state index contributed by atoms with van der Waals surface area (Å²) in [6.07, 6.45) is 1.37. The molecule has 0 aromatic carbocycles. The molecule has 7 nitrogen and oxygen atoms in total. The smallest absolute Gasteiger partial charge is 0.206 e. The lowest BCUT2D eigenvalue weighted by molar-refractivity contribution is 0.146. The predicted octanol–water partition coefficient (Wildman–Crippen LogP) is -0.601. The van der Waals surface area contributed by atoms with Gasteiger partial charge >= 0.3 is 0 Å². The fraction of sp³-hybridized carbons (Fsp3) is 0.909. The fourth-order valence-corrected chi connectivity index (χ4v) is 4.11. The molecule has 1 rings (SSSR count). The number of hydrogen-bond acceptors (Lipinski definition) is 5. The van der Waals surface area contributed by atoms with Gasteiger partial charge in [-0.2, -0.15) is 0 Å². The lowest BCUT2D eigenvalue weighted by Crippen LogP contribution is -2.53. The van der Waals surface area contributed by atoms with E-state index in [0.717, 1.165) is 6.42 Å². The zero-order valence-electron chi connectivity index (χ0n) is 11.6. The third-order valence-corrected chi connectivity index (χ3v) is 4.88. The number of guanidine groups is 1. The van der Waals surface area contributed by atoms with Crippen LogP contribution in [-0.4, -0.2) is 51.2 Å². The summed E-state index contributed by atoms with van der Waals surface area (Å²) in [7, 11) is -2.95. The van der Waals surface area contributed by atoms with E-state index in [2.05, 4.69) is 15.7 Å². The second-order valence-corrected chi connectivity index (χ2v) is 7.14. The molecule has 1 saturated heterocycles. The molecule has 0 amide bonds. The van der Waals surface area contributed by atoms with Crippen LogP contribution in [0.2, 0.25) is 0 Å². The second-order valence-electron chi connectivity index (χ2n) is 4.95. The summed E-state index contributed by atoms with van der Waals surface area (Å²) in [6, 6.07) is 0. The van der Waals surface area contributed by atoms with Gasteiger partial charge in [-0.1, -0.05) is 0 Å². The molecule has 1 heterocycles. The van der Waals surface area contributed by atoms with Gasteiger partial charge < -0.3 is 10.1 Å². The van der Waals surface area contributed by atoms with Crippen molar-refractivity contribution < 1.29 is 13.2 Å². The van der Waals surface area contributed by atoms with Crippen LogP contribution in [0.25, 0.3) is 0 Å². The van der Waals surface area contributed by atoms with Crippen LogP contribution in [0.1, 0.15) is 26.7 Å². The Labute approximate surface area is 114 Å². The molecule has 1 aliphatic rings. The zero-order valence-corrected chi connectivity index (χ0v) is 12.4. The highest BCUT2D eigenvalue weighted by atomic mass is 32.2. The summed E-state index contributed by atoms with van der Waals surface area (Å²) in [5, 5.41) is 3.08. The number of sulfone groups is 1. The van der Waals surface area contributed by atoms with Crippen molar-refractivity contribution in [1.29, 1.82) is 0 Å². The van der Waals surface area contributed by atoms with Crippen molar-refractivity contribution in [3.8, 4) is 0 Å². The third kappa shape index (κ3) is 5.75. The van der Waals surface area contributed by atoms with Crippen LogP contribution in [0.4, 0.5) is 0 Å². The average molecular weight is 292 g/mol. The maximum absolute atomic E-state index is 11.5. The Kier molecular flexibility index (Phi) is 6.02. The summed E-state index contributed by atoms with van der Waals surface area (Å²) in [4.78, 5) is 4.27. The van der Waals surface area contributed by atoms with E-state index in [1.807, 2.05) is 13.8 Å². The lowest BCUT2D eigenvalue weighted by atomic mass is 10.0. The fourth-order valence-electron chi connectivity index (χ4n) is 2.02. The molecule has 1 atom stereocenters. The Bertz CT molecular complexity index is 410. The highest BCUT2D eigenvalue weighted by Crippen LogP contribution is 2.22. The molecule has 1 unspecified atom stereocenters. The molecular formula is C11H24N4O3S. The number of nitrogens with zero attached hydrogens (tertiary/aromatic N) is 1. The molecule has 0 aliphatic carbocycles. The maximum Gasteiger partial charge on any atom is 0.206 e. The highest BCUT2D eigenvalue weighted by Gasteiger charge is 2.38. The standard InChI is InChI=1S/C11H24N4O3S/c1-3-18-7-4-6-13-10(15-12)14-11(2)5-8-19(16,17)9-11/h3-9,12H2,1-2H3,(H2,13,14,15). The Morgan fingerprint density at radius 3 is 2.79 bits per heavy atom. The molecule has 112 valence electrons. The summed E-state index contributed by atoms with van der Waals surface area (Å²) < 4.78 is 28.2. The molecule has 1 fully saturated rings. The summed E-state index contributed by atoms with van der Waals surface area (Å²) in [6.45, 7) is 5.74. The first-order valence-electron chi connectivity index (χ1n) is 6.48. The quantitative estimate of drug-likeness (QED) is 0.198. The van der Waals surface area contributed by atoms with E-state index in [1.165, 1.54) is 0 Å². The lowest BCUT2D eigenvalue weighted by Gasteiger charge is -2.25. The van der Waals surface area contributed by atoms with E-state index in [0.29, 0.717) is 32.1 Å². The van der Waals surface area contributed by atoms with E-state index in [-0.39, 0.29) is 11.5 Å². The SMILES string of the molecule is CCOCCCN=C(NN)NC1(C)CCS(=O)(=O)C1. The van der Waals surface area contributed by atoms with Crippen molar-refractivity contribution in [2.75, 3.05) is 31.3 Å². The van der Waals surface area contributed by atoms with Crippen molar-refractivity contribution in [2.45, 2.75) is 32.2 Å². The Morgan fingerprint density at radius 1 is 1.53 bits per heavy atom. The largest absolute Gasteiger partial charge is 0.382 e. The van der Waals surface area contributed by atoms with Gasteiger partial charge in [0.1, 0.15) is 0 Å². The molecular weight excluding hydrogens is 268 g/mol. The topological polar surface area (TPSA) is 106 Å². The van der Waals surface area contributed by atoms with E-state index >= 15 is 0 Å². The summed E-state index contributed by atoms with van der Waals surface area (Å²) in [5.74, 6) is 6.14. The summed E-state index contributed by atoms with van der Waals surface area (Å²) >= 11 is 0. The van der Waals surface area contributed by atoms with Crippen LogP contribution in [0.5, 0.6) is 0 Å². The van der Waals surface area contributed by atoms with Crippen molar-refractivity contribution in [2.24, 2.45) is 10.8 Å². The normalized spacial score (nSPS) is 26.4. The van der Waals surface area contributed by atoms with Crippen molar-refractivity contribution >= 4 is 15.8 Å². The van der Waals surface area contributed by atoms with Gasteiger partial charge in [0.25, 0.3) is 0 Å². The van der Waals surface area contributed by atoms with Crippen LogP contribution < -0.4 is 16.6 Å². The molecule has 0 radical (unpaired) electrons. The average Bonchev–Trinajstić information content (AvgIpc) is 2.62. The van der Waals surface area contributed by atoms with Crippen LogP contribution in [0.3, 0.4) is 0 Å². The van der Waals surface area contributed by atoms with Crippen molar-refractivity contribution in [3.05, 3.63) is 0 Å². The van der Waals surface area contributed by atoms with Gasteiger partial charge in [-0.3, -0.25) is 10.4 Å². The number of nitrogens with one attached hydrogen (secondary N) is 2. The van der Waals surface area contributed by atoms with E-state index < -0.39 is 15.4 Å². The Hall–Kier alpha value is -0.860. The van der Waals surface area contributed by atoms with E-state index in [1.54, 1.807) is 0 Å². The monoisotopic (exact) mass is 292 g/mol. The minimum atomic E-state index is -2.95. The molecule has 0 bridgehead atoms. The number of ether oxygens (including phenoxy) is 1. The molecule has 1 aliphatic heterocycles. The third-order valence-electron chi connectivity index (χ3n) is 2.98. The highest BCUT2D eigenvalue weighted by molar-refractivity contribution is 7.91. The summed E-state index contributed by atoms with van der Waals surface area (Å²) in [5.41, 5.74) is 1.98. The number of nitrogens with two attached hydrogens (primary N) is 1. The first kappa shape index (κ1) is 16.2. The van der Waals surface area contributed by atoms with Crippen molar-refractivity contribution in [3.63, 3.8) is 0 Å². The van der Waals surface area contributed by atoms with Crippen LogP contribution >= 0.6 is 0 Å². The molecule has 0 aromatic heterocycles. The molecule has 0 saturated carbocycles. The van der Waals surface area contributed by atoms with E-state index in [9.17, 15) is 8.42 Å². The van der Waals surface area contributed by atoms with Gasteiger partial charge in [-0.15, -0.1) is 0 Å². The first-order valence-corrected chi connectivity index (χ1v) is 8.30. The molecule has 0 aromatic rings. The van der Waals surface area contributed by atoms with E-state index in [4.69, 9.17) is 10.6 Å². The maximum atomic E-state index is 11.5. The van der Waals surface area contributed by atoms with Gasteiger partial charge in [0.15, 0.2) is 9.84 Å². The van der Waals surface area contributed by atoms with Gasteiger partial charge in [0.2, 0.25) is 5.96 Å².